The zero-order valence-electron chi connectivity index (χ0n) is 30.9. The molecule has 1 atom stereocenters. The van der Waals surface area contributed by atoms with Gasteiger partial charge in [-0.2, -0.15) is 0 Å². The standard InChI is InChI=1S/C44H46N6O3S2/c1-34-30-41(20-21-43(34)46-38(22-24-49-25-23-45-33-49)32-54-40-13-6-3-7-14-40)55(52,53)47-44(51)36-16-18-39(19-17-36)50-28-26-48(27-29-50)31-37-12-8-9-15-42(37)35-10-4-2-5-11-35/h2-21,23,25,30,33,38,46H,22,24,26-29,31-32H2,1H3,(H,47,51)/t38-/m1/s1. The fourth-order valence-corrected chi connectivity index (χ4v) is 8.90. The lowest BCUT2D eigenvalue weighted by molar-refractivity contribution is 0.0981. The quantitative estimate of drug-likeness (QED) is 0.102. The van der Waals surface area contributed by atoms with Crippen LogP contribution in [0.4, 0.5) is 11.4 Å². The number of carbonyl (C=O) groups is 1. The van der Waals surface area contributed by atoms with Gasteiger partial charge in [-0.15, -0.1) is 11.8 Å². The molecule has 0 bridgehead atoms. The summed E-state index contributed by atoms with van der Waals surface area (Å²) in [6.45, 7) is 7.10. The summed E-state index contributed by atoms with van der Waals surface area (Å²) in [6, 6.07) is 41.6. The molecule has 282 valence electrons. The molecule has 9 nitrogen and oxygen atoms in total. The molecule has 0 aliphatic carbocycles. The van der Waals surface area contributed by atoms with Crippen LogP contribution >= 0.6 is 11.8 Å². The molecule has 2 heterocycles. The molecule has 1 amide bonds. The number of nitrogens with one attached hydrogen (secondary N) is 2. The molecule has 0 radical (unpaired) electrons. The Kier molecular flexibility index (Phi) is 12.3. The number of anilines is 2. The molecule has 1 fully saturated rings. The van der Waals surface area contributed by atoms with Crippen molar-refractivity contribution in [3.63, 3.8) is 0 Å². The first-order valence-corrected chi connectivity index (χ1v) is 21.1. The van der Waals surface area contributed by atoms with Crippen molar-refractivity contribution in [1.82, 2.24) is 19.2 Å². The summed E-state index contributed by atoms with van der Waals surface area (Å²) in [5.74, 6) is 0.166. The van der Waals surface area contributed by atoms with E-state index in [4.69, 9.17) is 0 Å². The van der Waals surface area contributed by atoms with Gasteiger partial charge in [0, 0.05) is 85.3 Å². The minimum Gasteiger partial charge on any atom is -0.381 e. The fourth-order valence-electron chi connectivity index (χ4n) is 6.85. The fraction of sp³-hybridized carbons (Fsp3) is 0.227. The third kappa shape index (κ3) is 10.0. The highest BCUT2D eigenvalue weighted by molar-refractivity contribution is 7.99. The monoisotopic (exact) mass is 770 g/mol. The van der Waals surface area contributed by atoms with Crippen LogP contribution in [-0.4, -0.2) is 66.7 Å². The largest absolute Gasteiger partial charge is 0.381 e. The molecule has 6 aromatic rings. The zero-order chi connectivity index (χ0) is 38.0. The Labute approximate surface area is 328 Å². The molecule has 1 aromatic heterocycles. The SMILES string of the molecule is Cc1cc(S(=O)(=O)NC(=O)c2ccc(N3CCN(Cc4ccccc4-c4ccccc4)CC3)cc2)ccc1N[C@H](CCn1ccnc1)CSc1ccccc1. The highest BCUT2D eigenvalue weighted by atomic mass is 32.2. The van der Waals surface area contributed by atoms with E-state index in [0.717, 1.165) is 68.4 Å². The molecular formula is C44H46N6O3S2. The van der Waals surface area contributed by atoms with Crippen molar-refractivity contribution in [2.24, 2.45) is 0 Å². The highest BCUT2D eigenvalue weighted by Crippen LogP contribution is 2.27. The number of rotatable bonds is 15. The van der Waals surface area contributed by atoms with Gasteiger partial charge in [0.05, 0.1) is 11.2 Å². The molecule has 2 N–H and O–H groups in total. The molecule has 5 aromatic carbocycles. The van der Waals surface area contributed by atoms with Gasteiger partial charge in [0.25, 0.3) is 15.9 Å². The first-order valence-electron chi connectivity index (χ1n) is 18.6. The van der Waals surface area contributed by atoms with Gasteiger partial charge < -0.3 is 14.8 Å². The number of carbonyl (C=O) groups excluding carboxylic acids is 1. The third-order valence-corrected chi connectivity index (χ3v) is 12.5. The van der Waals surface area contributed by atoms with Crippen molar-refractivity contribution in [2.75, 3.05) is 42.1 Å². The second-order valence-corrected chi connectivity index (χ2v) is 16.6. The van der Waals surface area contributed by atoms with Gasteiger partial charge in [-0.1, -0.05) is 72.8 Å². The van der Waals surface area contributed by atoms with Gasteiger partial charge in [0.1, 0.15) is 0 Å². The summed E-state index contributed by atoms with van der Waals surface area (Å²) in [7, 11) is -4.10. The topological polar surface area (TPSA) is 99.6 Å². The Morgan fingerprint density at radius 2 is 1.55 bits per heavy atom. The maximum Gasteiger partial charge on any atom is 0.264 e. The van der Waals surface area contributed by atoms with Gasteiger partial charge >= 0.3 is 0 Å². The molecule has 1 aliphatic rings. The number of benzene rings is 5. The van der Waals surface area contributed by atoms with Crippen LogP contribution in [0, 0.1) is 6.92 Å². The van der Waals surface area contributed by atoms with Crippen LogP contribution in [0.3, 0.4) is 0 Å². The summed E-state index contributed by atoms with van der Waals surface area (Å²) in [6.07, 6.45) is 6.39. The predicted octanol–water partition coefficient (Wildman–Crippen LogP) is 7.96. The number of hydrogen-bond acceptors (Lipinski definition) is 8. The van der Waals surface area contributed by atoms with Crippen molar-refractivity contribution in [3.05, 3.63) is 163 Å². The number of sulfonamides is 1. The van der Waals surface area contributed by atoms with Crippen LogP contribution < -0.4 is 14.9 Å². The van der Waals surface area contributed by atoms with E-state index in [2.05, 4.69) is 90.1 Å². The lowest BCUT2D eigenvalue weighted by atomic mass is 9.99. The maximum absolute atomic E-state index is 13.4. The smallest absolute Gasteiger partial charge is 0.264 e. The Balaban J connectivity index is 0.933. The van der Waals surface area contributed by atoms with Gasteiger partial charge in [-0.3, -0.25) is 9.69 Å². The van der Waals surface area contributed by atoms with Gasteiger partial charge in [-0.05, 0) is 90.2 Å². The van der Waals surface area contributed by atoms with Gasteiger partial charge in [0.2, 0.25) is 0 Å². The number of aryl methyl sites for hydroxylation is 2. The van der Waals surface area contributed by atoms with E-state index in [1.807, 2.05) is 55.8 Å². The van der Waals surface area contributed by atoms with Crippen molar-refractivity contribution in [3.8, 4) is 11.1 Å². The molecule has 0 unspecified atom stereocenters. The maximum atomic E-state index is 13.4. The zero-order valence-corrected chi connectivity index (χ0v) is 32.6. The van der Waals surface area contributed by atoms with Gasteiger partial charge in [-0.25, -0.2) is 18.1 Å². The van der Waals surface area contributed by atoms with Crippen molar-refractivity contribution in [2.45, 2.75) is 42.3 Å². The third-order valence-electron chi connectivity index (χ3n) is 9.95. The Morgan fingerprint density at radius 3 is 2.25 bits per heavy atom. The van der Waals surface area contributed by atoms with Crippen molar-refractivity contribution in [1.29, 1.82) is 0 Å². The van der Waals surface area contributed by atoms with E-state index in [1.165, 1.54) is 21.6 Å². The summed E-state index contributed by atoms with van der Waals surface area (Å²) in [5, 5.41) is 3.64. The predicted molar refractivity (Wildman–Crippen MR) is 223 cm³/mol. The average Bonchev–Trinajstić information content (AvgIpc) is 3.75. The molecule has 11 heteroatoms. The van der Waals surface area contributed by atoms with E-state index in [9.17, 15) is 13.2 Å². The van der Waals surface area contributed by atoms with Crippen molar-refractivity contribution >= 4 is 39.1 Å². The van der Waals surface area contributed by atoms with E-state index in [0.29, 0.717) is 0 Å². The lowest BCUT2D eigenvalue weighted by Crippen LogP contribution is -2.46. The van der Waals surface area contributed by atoms with Gasteiger partial charge in [0.15, 0.2) is 0 Å². The number of imidazole rings is 1. The summed E-state index contributed by atoms with van der Waals surface area (Å²) in [5.41, 5.74) is 6.73. The number of piperazine rings is 1. The Bertz CT molecular complexity index is 2260. The molecule has 0 spiro atoms. The van der Waals surface area contributed by atoms with Crippen LogP contribution in [0.25, 0.3) is 11.1 Å². The molecule has 0 saturated carbocycles. The minimum atomic E-state index is -4.10. The second kappa shape index (κ2) is 17.9. The molecular weight excluding hydrogens is 725 g/mol. The van der Waals surface area contributed by atoms with E-state index in [-0.39, 0.29) is 16.5 Å². The van der Waals surface area contributed by atoms with Crippen LogP contribution in [0.15, 0.2) is 156 Å². The Hall–Kier alpha value is -5.36. The van der Waals surface area contributed by atoms with Crippen LogP contribution in [0.5, 0.6) is 0 Å². The first-order chi connectivity index (χ1) is 26.8. The van der Waals surface area contributed by atoms with Crippen LogP contribution in [0.2, 0.25) is 0 Å². The summed E-state index contributed by atoms with van der Waals surface area (Å²) in [4.78, 5) is 23.4. The van der Waals surface area contributed by atoms with E-state index < -0.39 is 15.9 Å². The highest BCUT2D eigenvalue weighted by Gasteiger charge is 2.22. The average molecular weight is 771 g/mol. The second-order valence-electron chi connectivity index (χ2n) is 13.8. The lowest BCUT2D eigenvalue weighted by Gasteiger charge is -2.36. The van der Waals surface area contributed by atoms with Crippen LogP contribution in [-0.2, 0) is 23.1 Å². The number of thioether (sulfide) groups is 1. The molecule has 55 heavy (non-hydrogen) atoms. The van der Waals surface area contributed by atoms with Crippen LogP contribution in [0.1, 0.15) is 27.9 Å². The van der Waals surface area contributed by atoms with Crippen molar-refractivity contribution < 1.29 is 13.2 Å². The molecule has 1 saturated heterocycles. The number of aromatic nitrogens is 2. The Morgan fingerprint density at radius 1 is 0.836 bits per heavy atom. The summed E-state index contributed by atoms with van der Waals surface area (Å²) >= 11 is 1.78. The summed E-state index contributed by atoms with van der Waals surface area (Å²) < 4.78 is 31.1. The number of hydrogen-bond donors (Lipinski definition) is 2. The van der Waals surface area contributed by atoms with E-state index in [1.54, 1.807) is 48.3 Å². The van der Waals surface area contributed by atoms with E-state index >= 15 is 0 Å². The first kappa shape index (κ1) is 37.9. The number of nitrogens with zero attached hydrogens (tertiary/aromatic N) is 4. The normalized spacial score (nSPS) is 14.0. The molecule has 1 aliphatic heterocycles. The minimum absolute atomic E-state index is 0.0402. The number of amides is 1. The molecule has 7 rings (SSSR count).